The number of rotatable bonds is 4. The molecular formula is C14H25N3O4. The van der Waals surface area contributed by atoms with Crippen LogP contribution in [0.25, 0.3) is 0 Å². The summed E-state index contributed by atoms with van der Waals surface area (Å²) in [5, 5.41) is 11.7. The molecule has 0 aromatic heterocycles. The number of hydrogen-bond acceptors (Lipinski definition) is 4. The lowest BCUT2D eigenvalue weighted by molar-refractivity contribution is -0.149. The fourth-order valence-corrected chi connectivity index (χ4v) is 2.91. The van der Waals surface area contributed by atoms with Crippen LogP contribution in [0.4, 0.5) is 4.79 Å². The molecule has 0 aromatic carbocycles. The predicted molar refractivity (Wildman–Crippen MR) is 77.2 cm³/mol. The molecule has 7 nitrogen and oxygen atoms in total. The average molecular weight is 299 g/mol. The molecule has 0 radical (unpaired) electrons. The lowest BCUT2D eigenvalue weighted by atomic mass is 10.0. The minimum absolute atomic E-state index is 0.105. The summed E-state index contributed by atoms with van der Waals surface area (Å²) >= 11 is 0. The number of nitrogens with one attached hydrogen (secondary N) is 1. The molecule has 0 saturated carbocycles. The Labute approximate surface area is 125 Å². The second kappa shape index (κ2) is 7.09. The lowest BCUT2D eigenvalue weighted by Gasteiger charge is -2.35. The van der Waals surface area contributed by atoms with E-state index >= 15 is 0 Å². The maximum atomic E-state index is 12.1. The SMILES string of the molecule is CN1CCC(N(C)C(=O)NCC2CCC(C(=O)O)O2)CC1. The van der Waals surface area contributed by atoms with Gasteiger partial charge in [-0.2, -0.15) is 0 Å². The minimum Gasteiger partial charge on any atom is -0.479 e. The highest BCUT2D eigenvalue weighted by Crippen LogP contribution is 2.19. The van der Waals surface area contributed by atoms with E-state index < -0.39 is 12.1 Å². The first kappa shape index (κ1) is 16.0. The standard InChI is InChI=1S/C14H25N3O4/c1-16-7-5-10(6-8-16)17(2)14(20)15-9-11-3-4-12(21-11)13(18)19/h10-12H,3-9H2,1-2H3,(H,15,20)(H,18,19). The van der Waals surface area contributed by atoms with Crippen LogP contribution in [-0.4, -0.2) is 78.9 Å². The Bertz CT molecular complexity index is 382. The van der Waals surface area contributed by atoms with Crippen molar-refractivity contribution in [3.8, 4) is 0 Å². The molecule has 120 valence electrons. The van der Waals surface area contributed by atoms with Crippen LogP contribution in [0.2, 0.25) is 0 Å². The highest BCUT2D eigenvalue weighted by molar-refractivity contribution is 5.74. The maximum Gasteiger partial charge on any atom is 0.332 e. The molecule has 2 saturated heterocycles. The summed E-state index contributed by atoms with van der Waals surface area (Å²) in [4.78, 5) is 27.0. The average Bonchev–Trinajstić information content (AvgIpc) is 2.94. The molecule has 2 fully saturated rings. The van der Waals surface area contributed by atoms with E-state index in [0.29, 0.717) is 19.4 Å². The summed E-state index contributed by atoms with van der Waals surface area (Å²) in [6.45, 7) is 2.39. The number of aliphatic carboxylic acids is 1. The fourth-order valence-electron chi connectivity index (χ4n) is 2.91. The first-order valence-electron chi connectivity index (χ1n) is 7.55. The van der Waals surface area contributed by atoms with Gasteiger partial charge in [-0.05, 0) is 45.8 Å². The first-order valence-corrected chi connectivity index (χ1v) is 7.55. The lowest BCUT2D eigenvalue weighted by Crippen LogP contribution is -2.49. The predicted octanol–water partition coefficient (Wildman–Crippen LogP) is 0.354. The topological polar surface area (TPSA) is 82.1 Å². The number of piperidine rings is 1. The third-order valence-corrected chi connectivity index (χ3v) is 4.42. The number of carbonyl (C=O) groups is 2. The van der Waals surface area contributed by atoms with Crippen LogP contribution >= 0.6 is 0 Å². The van der Waals surface area contributed by atoms with Crippen LogP contribution < -0.4 is 5.32 Å². The van der Waals surface area contributed by atoms with Crippen molar-refractivity contribution in [2.75, 3.05) is 33.7 Å². The van der Waals surface area contributed by atoms with Crippen molar-refractivity contribution in [3.63, 3.8) is 0 Å². The molecule has 0 spiro atoms. The number of urea groups is 1. The molecule has 0 aromatic rings. The summed E-state index contributed by atoms with van der Waals surface area (Å²) in [7, 11) is 3.91. The molecule has 21 heavy (non-hydrogen) atoms. The zero-order valence-corrected chi connectivity index (χ0v) is 12.7. The fraction of sp³-hybridized carbons (Fsp3) is 0.857. The van der Waals surface area contributed by atoms with E-state index in [1.807, 2.05) is 7.05 Å². The molecule has 2 rings (SSSR count). The molecule has 7 heteroatoms. The Hall–Kier alpha value is -1.34. The zero-order valence-electron chi connectivity index (χ0n) is 12.7. The van der Waals surface area contributed by atoms with Gasteiger partial charge in [0.05, 0.1) is 6.10 Å². The van der Waals surface area contributed by atoms with E-state index in [0.717, 1.165) is 25.9 Å². The van der Waals surface area contributed by atoms with Gasteiger partial charge in [-0.15, -0.1) is 0 Å². The third kappa shape index (κ3) is 4.31. The van der Waals surface area contributed by atoms with Gasteiger partial charge in [-0.25, -0.2) is 9.59 Å². The molecular weight excluding hydrogens is 274 g/mol. The van der Waals surface area contributed by atoms with Gasteiger partial charge >= 0.3 is 12.0 Å². The second-order valence-corrected chi connectivity index (χ2v) is 5.99. The van der Waals surface area contributed by atoms with Gasteiger partial charge in [0.25, 0.3) is 0 Å². The van der Waals surface area contributed by atoms with Crippen LogP contribution in [-0.2, 0) is 9.53 Å². The number of hydrogen-bond donors (Lipinski definition) is 2. The Morgan fingerprint density at radius 2 is 1.95 bits per heavy atom. The van der Waals surface area contributed by atoms with E-state index in [1.165, 1.54) is 0 Å². The molecule has 2 N–H and O–H groups in total. The number of nitrogens with zero attached hydrogens (tertiary/aromatic N) is 2. The van der Waals surface area contributed by atoms with E-state index in [4.69, 9.17) is 9.84 Å². The number of carboxylic acid groups (broad SMARTS) is 1. The van der Waals surface area contributed by atoms with Crippen LogP contribution in [0, 0.1) is 0 Å². The highest BCUT2D eigenvalue weighted by Gasteiger charge is 2.31. The number of likely N-dealkylation sites (tertiary alicyclic amines) is 1. The molecule has 2 amide bonds. The number of amides is 2. The third-order valence-electron chi connectivity index (χ3n) is 4.42. The van der Waals surface area contributed by atoms with Crippen molar-refractivity contribution in [3.05, 3.63) is 0 Å². The Kier molecular flexibility index (Phi) is 5.41. The van der Waals surface area contributed by atoms with Crippen molar-refractivity contribution < 1.29 is 19.4 Å². The molecule has 2 aliphatic heterocycles. The molecule has 2 unspecified atom stereocenters. The van der Waals surface area contributed by atoms with E-state index in [2.05, 4.69) is 17.3 Å². The normalized spacial score (nSPS) is 27.5. The molecule has 2 aliphatic rings. The van der Waals surface area contributed by atoms with Gasteiger partial charge in [0.1, 0.15) is 0 Å². The Morgan fingerprint density at radius 1 is 1.29 bits per heavy atom. The molecule has 2 heterocycles. The Balaban J connectivity index is 1.71. The van der Waals surface area contributed by atoms with Crippen LogP contribution in [0.15, 0.2) is 0 Å². The van der Waals surface area contributed by atoms with Gasteiger partial charge in [0, 0.05) is 19.6 Å². The monoisotopic (exact) mass is 299 g/mol. The van der Waals surface area contributed by atoms with Gasteiger partial charge < -0.3 is 25.0 Å². The molecule has 2 atom stereocenters. The number of carbonyl (C=O) groups excluding carboxylic acids is 1. The summed E-state index contributed by atoms with van der Waals surface area (Å²) in [5.41, 5.74) is 0. The van der Waals surface area contributed by atoms with Gasteiger partial charge in [-0.1, -0.05) is 0 Å². The van der Waals surface area contributed by atoms with E-state index in [9.17, 15) is 9.59 Å². The first-order chi connectivity index (χ1) is 9.97. The summed E-state index contributed by atoms with van der Waals surface area (Å²) in [5.74, 6) is -0.924. The zero-order chi connectivity index (χ0) is 15.4. The summed E-state index contributed by atoms with van der Waals surface area (Å²) in [6, 6.07) is 0.171. The summed E-state index contributed by atoms with van der Waals surface area (Å²) in [6.07, 6.45) is 2.25. The van der Waals surface area contributed by atoms with Crippen molar-refractivity contribution in [2.24, 2.45) is 0 Å². The highest BCUT2D eigenvalue weighted by atomic mass is 16.5. The largest absolute Gasteiger partial charge is 0.479 e. The molecule has 0 aliphatic carbocycles. The number of ether oxygens (including phenoxy) is 1. The molecule has 0 bridgehead atoms. The van der Waals surface area contributed by atoms with Gasteiger partial charge in [0.15, 0.2) is 6.10 Å². The van der Waals surface area contributed by atoms with Crippen LogP contribution in [0.5, 0.6) is 0 Å². The van der Waals surface area contributed by atoms with Gasteiger partial charge in [0.2, 0.25) is 0 Å². The smallest absolute Gasteiger partial charge is 0.332 e. The summed E-state index contributed by atoms with van der Waals surface area (Å²) < 4.78 is 5.37. The van der Waals surface area contributed by atoms with E-state index in [-0.39, 0.29) is 18.2 Å². The van der Waals surface area contributed by atoms with Crippen molar-refractivity contribution in [1.82, 2.24) is 15.1 Å². The van der Waals surface area contributed by atoms with Crippen LogP contribution in [0.3, 0.4) is 0 Å². The van der Waals surface area contributed by atoms with Crippen molar-refractivity contribution in [1.29, 1.82) is 0 Å². The quantitative estimate of drug-likeness (QED) is 0.783. The maximum absolute atomic E-state index is 12.1. The van der Waals surface area contributed by atoms with E-state index in [1.54, 1.807) is 4.90 Å². The second-order valence-electron chi connectivity index (χ2n) is 5.99. The van der Waals surface area contributed by atoms with Crippen molar-refractivity contribution >= 4 is 12.0 Å². The number of carboxylic acids is 1. The van der Waals surface area contributed by atoms with Crippen LogP contribution in [0.1, 0.15) is 25.7 Å². The Morgan fingerprint density at radius 3 is 2.52 bits per heavy atom. The van der Waals surface area contributed by atoms with Crippen molar-refractivity contribution in [2.45, 2.75) is 43.9 Å². The van der Waals surface area contributed by atoms with Gasteiger partial charge in [-0.3, -0.25) is 0 Å². The minimum atomic E-state index is -0.924.